The van der Waals surface area contributed by atoms with Crippen LogP contribution in [0, 0.1) is 46.0 Å². The van der Waals surface area contributed by atoms with Crippen LogP contribution < -0.4 is 0 Å². The van der Waals surface area contributed by atoms with E-state index in [0.717, 1.165) is 43.5 Å². The van der Waals surface area contributed by atoms with Crippen LogP contribution in [0.2, 0.25) is 0 Å². The van der Waals surface area contributed by atoms with Gasteiger partial charge in [0.15, 0.2) is 11.6 Å². The Balaban J connectivity index is 0. The quantitative estimate of drug-likeness (QED) is 0.327. The third-order valence-corrected chi connectivity index (χ3v) is 5.57. The molecule has 0 aliphatic carbocycles. The van der Waals surface area contributed by atoms with Gasteiger partial charge >= 0.3 is 0 Å². The number of Topliss-reactive ketones (excluding diaryl/α,β-unsaturated/α-hetero) is 1. The van der Waals surface area contributed by atoms with Gasteiger partial charge in [-0.05, 0) is 57.2 Å². The van der Waals surface area contributed by atoms with E-state index in [1.54, 1.807) is 32.0 Å². The molecule has 2 aromatic carbocycles. The fourth-order valence-electron chi connectivity index (χ4n) is 2.76. The normalized spacial score (nSPS) is 10.2. The first-order chi connectivity index (χ1) is 17.7. The predicted molar refractivity (Wildman–Crippen MR) is 153 cm³/mol. The molecule has 0 unspecified atom stereocenters. The van der Waals surface area contributed by atoms with E-state index < -0.39 is 17.0 Å². The molecule has 0 bridgehead atoms. The highest BCUT2D eigenvalue weighted by atomic mass is 19.2. The molecule has 2 aromatic rings. The van der Waals surface area contributed by atoms with E-state index in [4.69, 9.17) is 10.7 Å². The lowest BCUT2D eigenvalue weighted by Gasteiger charge is -2.15. The highest BCUT2D eigenvalue weighted by Gasteiger charge is 2.22. The van der Waals surface area contributed by atoms with Crippen molar-refractivity contribution in [1.82, 2.24) is 0 Å². The zero-order valence-electron chi connectivity index (χ0n) is 24.5. The van der Waals surface area contributed by atoms with Crippen molar-refractivity contribution in [3.05, 3.63) is 71.5 Å². The van der Waals surface area contributed by atoms with Crippen LogP contribution in [0.5, 0.6) is 0 Å². The number of nitrogens with zero attached hydrogens (tertiary/aromatic N) is 1. The average Bonchev–Trinajstić information content (AvgIpc) is 2.88. The summed E-state index contributed by atoms with van der Waals surface area (Å²) in [5, 5.41) is 16.2. The summed E-state index contributed by atoms with van der Waals surface area (Å²) in [4.78, 5) is 10.9. The van der Waals surface area contributed by atoms with Crippen molar-refractivity contribution in [3.63, 3.8) is 0 Å². The van der Waals surface area contributed by atoms with Crippen molar-refractivity contribution >= 4 is 11.5 Å². The van der Waals surface area contributed by atoms with Crippen LogP contribution in [0.3, 0.4) is 0 Å². The number of carbonyl (C=O) groups excluding carboxylic acids is 1. The number of nitriles is 1. The van der Waals surface area contributed by atoms with Crippen LogP contribution in [0.25, 0.3) is 0 Å². The minimum Gasteiger partial charge on any atom is -0.309 e. The molecule has 0 saturated carbocycles. The topological polar surface area (TPSA) is 64.7 Å². The van der Waals surface area contributed by atoms with Crippen LogP contribution in [-0.2, 0) is 10.2 Å². The Morgan fingerprint density at radius 1 is 0.816 bits per heavy atom. The Morgan fingerprint density at radius 3 is 1.58 bits per heavy atom. The van der Waals surface area contributed by atoms with Gasteiger partial charge < -0.3 is 5.41 Å². The van der Waals surface area contributed by atoms with Gasteiger partial charge in [0.25, 0.3) is 0 Å². The first-order valence-electron chi connectivity index (χ1n) is 13.4. The fraction of sp³-hybridized carbons (Fsp3) is 0.531. The molecule has 0 atom stereocenters. The molecule has 212 valence electrons. The van der Waals surface area contributed by atoms with Crippen molar-refractivity contribution in [3.8, 4) is 6.07 Å². The Labute approximate surface area is 229 Å². The summed E-state index contributed by atoms with van der Waals surface area (Å²) in [7, 11) is 0. The fourth-order valence-corrected chi connectivity index (χ4v) is 2.76. The number of rotatable bonds is 9. The van der Waals surface area contributed by atoms with E-state index in [0.29, 0.717) is 17.3 Å². The van der Waals surface area contributed by atoms with Crippen molar-refractivity contribution in [1.29, 1.82) is 10.7 Å². The number of benzene rings is 2. The van der Waals surface area contributed by atoms with Crippen LogP contribution in [0.4, 0.5) is 13.2 Å². The van der Waals surface area contributed by atoms with E-state index in [1.807, 2.05) is 13.8 Å². The van der Waals surface area contributed by atoms with Gasteiger partial charge in [0.05, 0.1) is 11.5 Å². The molecule has 0 spiro atoms. The summed E-state index contributed by atoms with van der Waals surface area (Å²) in [5.41, 5.74) is 0.607. The molecule has 0 fully saturated rings. The van der Waals surface area contributed by atoms with Gasteiger partial charge in [-0.25, -0.2) is 13.2 Å². The largest absolute Gasteiger partial charge is 0.309 e. The maximum atomic E-state index is 13.1. The SMILES string of the molecule is CC(C)(C#N)c1ccccc1F.CCCCC(=N)C(C)C.CCCCC(=O)C(C)C.Fc1ccccc1F. The molecular formula is C32H47F3N2O. The van der Waals surface area contributed by atoms with E-state index in [9.17, 15) is 18.0 Å². The number of ketones is 1. The van der Waals surface area contributed by atoms with Gasteiger partial charge in [-0.1, -0.05) is 84.7 Å². The van der Waals surface area contributed by atoms with Crippen molar-refractivity contribution in [2.45, 2.75) is 99.3 Å². The van der Waals surface area contributed by atoms with Crippen molar-refractivity contribution in [2.75, 3.05) is 0 Å². The van der Waals surface area contributed by atoms with Crippen LogP contribution in [0.15, 0.2) is 48.5 Å². The number of unbranched alkanes of at least 4 members (excludes halogenated alkanes) is 2. The highest BCUT2D eigenvalue weighted by molar-refractivity contribution is 5.83. The predicted octanol–water partition coefficient (Wildman–Crippen LogP) is 9.85. The zero-order valence-corrected chi connectivity index (χ0v) is 24.5. The molecule has 0 saturated heterocycles. The molecule has 1 N–H and O–H groups in total. The highest BCUT2D eigenvalue weighted by Crippen LogP contribution is 2.24. The lowest BCUT2D eigenvalue weighted by molar-refractivity contribution is -0.122. The molecule has 0 aromatic heterocycles. The van der Waals surface area contributed by atoms with E-state index in [1.165, 1.54) is 31.0 Å². The summed E-state index contributed by atoms with van der Waals surface area (Å²) in [6, 6.07) is 13.5. The van der Waals surface area contributed by atoms with E-state index in [-0.39, 0.29) is 11.7 Å². The number of hydrogen-bond donors (Lipinski definition) is 1. The number of hydrogen-bond acceptors (Lipinski definition) is 3. The van der Waals surface area contributed by atoms with Gasteiger partial charge in [0, 0.05) is 23.6 Å². The molecule has 0 radical (unpaired) electrons. The maximum Gasteiger partial charge on any atom is 0.158 e. The standard InChI is InChI=1S/C10H10FN.C8H17N.C8H16O.C6H4F2/c1-10(2,7-12)8-5-3-4-6-9(8)11;2*1-4-5-6-8(9)7(2)3;7-5-3-1-2-4-6(5)8/h3-6H,1-2H3;7,9H,4-6H2,1-3H3;7H,4-6H2,1-3H3;1-4H. The first kappa shape index (κ1) is 37.2. The van der Waals surface area contributed by atoms with Gasteiger partial charge in [0.2, 0.25) is 0 Å². The number of carbonyl (C=O) groups is 1. The third-order valence-electron chi connectivity index (χ3n) is 5.57. The average molecular weight is 533 g/mol. The Morgan fingerprint density at radius 2 is 1.24 bits per heavy atom. The summed E-state index contributed by atoms with van der Waals surface area (Å²) < 4.78 is 37.0. The van der Waals surface area contributed by atoms with E-state index in [2.05, 4.69) is 33.8 Å². The molecule has 0 aliphatic rings. The third kappa shape index (κ3) is 17.5. The lowest BCUT2D eigenvalue weighted by atomic mass is 9.86. The maximum absolute atomic E-state index is 13.1. The molecule has 0 aliphatic heterocycles. The Bertz CT molecular complexity index is 934. The molecule has 3 nitrogen and oxygen atoms in total. The Hall–Kier alpha value is -2.94. The van der Waals surface area contributed by atoms with Crippen LogP contribution in [-0.4, -0.2) is 11.5 Å². The summed E-state index contributed by atoms with van der Waals surface area (Å²) in [6.45, 7) is 15.7. The second-order valence-corrected chi connectivity index (χ2v) is 10.1. The first-order valence-corrected chi connectivity index (χ1v) is 13.4. The van der Waals surface area contributed by atoms with E-state index >= 15 is 0 Å². The molecule has 0 heterocycles. The lowest BCUT2D eigenvalue weighted by Crippen LogP contribution is -2.15. The molecular weight excluding hydrogens is 485 g/mol. The molecule has 38 heavy (non-hydrogen) atoms. The molecule has 6 heteroatoms. The van der Waals surface area contributed by atoms with Gasteiger partial charge in [0.1, 0.15) is 11.6 Å². The minimum atomic E-state index is -0.799. The second-order valence-electron chi connectivity index (χ2n) is 10.1. The summed E-state index contributed by atoms with van der Waals surface area (Å²) in [5.74, 6) is -0.825. The summed E-state index contributed by atoms with van der Waals surface area (Å²) in [6.07, 6.45) is 6.32. The Kier molecular flexibility index (Phi) is 20.6. The van der Waals surface area contributed by atoms with Crippen molar-refractivity contribution in [2.24, 2.45) is 11.8 Å². The second kappa shape index (κ2) is 21.0. The number of halogens is 3. The molecule has 2 rings (SSSR count). The van der Waals surface area contributed by atoms with Gasteiger partial charge in [-0.15, -0.1) is 0 Å². The van der Waals surface area contributed by atoms with Crippen molar-refractivity contribution < 1.29 is 18.0 Å². The smallest absolute Gasteiger partial charge is 0.158 e. The minimum absolute atomic E-state index is 0.233. The molecule has 0 amide bonds. The summed E-state index contributed by atoms with van der Waals surface area (Å²) >= 11 is 0. The number of nitrogens with one attached hydrogen (secondary N) is 1. The van der Waals surface area contributed by atoms with Crippen LogP contribution in [0.1, 0.15) is 99.5 Å². The monoisotopic (exact) mass is 532 g/mol. The van der Waals surface area contributed by atoms with Crippen LogP contribution >= 0.6 is 0 Å². The van der Waals surface area contributed by atoms with Gasteiger partial charge in [-0.3, -0.25) is 4.79 Å². The zero-order chi connectivity index (χ0) is 29.7. The van der Waals surface area contributed by atoms with Gasteiger partial charge in [-0.2, -0.15) is 5.26 Å².